The third-order valence-electron chi connectivity index (χ3n) is 6.71. The third kappa shape index (κ3) is 4.10. The molecule has 2 unspecified atom stereocenters. The van der Waals surface area contributed by atoms with E-state index in [-0.39, 0.29) is 30.4 Å². The lowest BCUT2D eigenvalue weighted by atomic mass is 9.95. The molecule has 2 N–H and O–H groups in total. The third-order valence-corrected chi connectivity index (χ3v) is 6.71. The van der Waals surface area contributed by atoms with Gasteiger partial charge in [0.05, 0.1) is 6.04 Å². The number of amides is 2. The molecule has 5 rings (SSSR count). The summed E-state index contributed by atoms with van der Waals surface area (Å²) >= 11 is 0. The number of rotatable bonds is 7. The Balaban J connectivity index is 1.38. The summed E-state index contributed by atoms with van der Waals surface area (Å²) in [6, 6.07) is 25.8. The Morgan fingerprint density at radius 1 is 1.00 bits per heavy atom. The molecule has 2 amide bonds. The van der Waals surface area contributed by atoms with Crippen molar-refractivity contribution >= 4 is 22.7 Å². The number of fused-ring (bicyclic) bond motifs is 2. The summed E-state index contributed by atoms with van der Waals surface area (Å²) < 4.78 is 0. The minimum absolute atomic E-state index is 0.0149. The van der Waals surface area contributed by atoms with Crippen molar-refractivity contribution in [2.45, 2.75) is 38.8 Å². The van der Waals surface area contributed by atoms with Gasteiger partial charge in [0, 0.05) is 33.8 Å². The van der Waals surface area contributed by atoms with Gasteiger partial charge in [0.1, 0.15) is 6.54 Å². The predicted octanol–water partition coefficient (Wildman–Crippen LogP) is 5.16. The summed E-state index contributed by atoms with van der Waals surface area (Å²) in [6.45, 7) is 4.07. The van der Waals surface area contributed by atoms with Crippen LogP contribution >= 0.6 is 0 Å². The van der Waals surface area contributed by atoms with Gasteiger partial charge in [-0.05, 0) is 49.9 Å². The molecule has 1 aliphatic rings. The Bertz CT molecular complexity index is 1340. The summed E-state index contributed by atoms with van der Waals surface area (Å²) in [7, 11) is 0. The number of H-pyrrole nitrogens is 1. The molecule has 172 valence electrons. The number of aromatic amines is 1. The second kappa shape index (κ2) is 9.18. The molecule has 0 aliphatic carbocycles. The maximum Gasteiger partial charge on any atom is 0.255 e. The number of aryl methyl sites for hydroxylation is 2. The van der Waals surface area contributed by atoms with Crippen LogP contribution in [0, 0.1) is 6.92 Å². The van der Waals surface area contributed by atoms with Crippen molar-refractivity contribution in [3.05, 3.63) is 107 Å². The summed E-state index contributed by atoms with van der Waals surface area (Å²) in [4.78, 5) is 31.6. The standard InChI is InChI=1S/C29H29N3O2/c1-19(16-17-21-10-4-3-5-11-21)30-26(33)18-32-28(22-12-6-7-13-23(22)29(32)34)27-20(2)31-25-15-9-8-14-24(25)27/h3-15,19,28,31H,16-18H2,1-2H3,(H,30,33). The summed E-state index contributed by atoms with van der Waals surface area (Å²) in [6.07, 6.45) is 1.74. The highest BCUT2D eigenvalue weighted by Gasteiger charge is 2.40. The number of carbonyl (C=O) groups is 2. The smallest absolute Gasteiger partial charge is 0.255 e. The minimum atomic E-state index is -0.301. The molecule has 0 saturated heterocycles. The SMILES string of the molecule is Cc1[nH]c2ccccc2c1C1c2ccccc2C(=O)N1CC(=O)NC(C)CCc1ccccc1. The summed E-state index contributed by atoms with van der Waals surface area (Å²) in [5.74, 6) is -0.235. The first-order valence-corrected chi connectivity index (χ1v) is 11.8. The van der Waals surface area contributed by atoms with Crippen LogP contribution in [0.1, 0.15) is 52.1 Å². The molecule has 0 spiro atoms. The average Bonchev–Trinajstić information content (AvgIpc) is 3.31. The fourth-order valence-corrected chi connectivity index (χ4v) is 5.07. The van der Waals surface area contributed by atoms with Crippen LogP contribution in [0.25, 0.3) is 10.9 Å². The van der Waals surface area contributed by atoms with Gasteiger partial charge < -0.3 is 15.2 Å². The molecule has 4 aromatic rings. The Labute approximate surface area is 199 Å². The van der Waals surface area contributed by atoms with Gasteiger partial charge in [-0.3, -0.25) is 9.59 Å². The molecule has 0 radical (unpaired) electrons. The maximum atomic E-state index is 13.4. The highest BCUT2D eigenvalue weighted by atomic mass is 16.2. The number of aromatic nitrogens is 1. The molecular weight excluding hydrogens is 422 g/mol. The molecule has 2 atom stereocenters. The van der Waals surface area contributed by atoms with Gasteiger partial charge in [0.25, 0.3) is 5.91 Å². The van der Waals surface area contributed by atoms with E-state index in [0.717, 1.165) is 40.6 Å². The fraction of sp³-hybridized carbons (Fsp3) is 0.241. The molecule has 1 aromatic heterocycles. The van der Waals surface area contributed by atoms with Crippen LogP contribution in [-0.4, -0.2) is 34.3 Å². The molecule has 0 fully saturated rings. The summed E-state index contributed by atoms with van der Waals surface area (Å²) in [5, 5.41) is 4.18. The minimum Gasteiger partial charge on any atom is -0.358 e. The normalized spacial score (nSPS) is 16.0. The highest BCUT2D eigenvalue weighted by Crippen LogP contribution is 2.42. The van der Waals surface area contributed by atoms with Crippen LogP contribution in [0.2, 0.25) is 0 Å². The van der Waals surface area contributed by atoms with Crippen LogP contribution < -0.4 is 5.32 Å². The van der Waals surface area contributed by atoms with E-state index in [2.05, 4.69) is 28.5 Å². The lowest BCUT2D eigenvalue weighted by Gasteiger charge is -2.26. The predicted molar refractivity (Wildman–Crippen MR) is 135 cm³/mol. The van der Waals surface area contributed by atoms with E-state index in [0.29, 0.717) is 5.56 Å². The van der Waals surface area contributed by atoms with Gasteiger partial charge in [-0.1, -0.05) is 66.7 Å². The average molecular weight is 452 g/mol. The van der Waals surface area contributed by atoms with Crippen LogP contribution in [0.4, 0.5) is 0 Å². The molecule has 0 bridgehead atoms. The molecule has 34 heavy (non-hydrogen) atoms. The highest BCUT2D eigenvalue weighted by molar-refractivity contribution is 6.02. The van der Waals surface area contributed by atoms with Crippen LogP contribution in [-0.2, 0) is 11.2 Å². The largest absolute Gasteiger partial charge is 0.358 e. The van der Waals surface area contributed by atoms with Crippen molar-refractivity contribution in [3.8, 4) is 0 Å². The molecule has 5 heteroatoms. The van der Waals surface area contributed by atoms with Gasteiger partial charge in [0.2, 0.25) is 5.91 Å². The molecule has 3 aromatic carbocycles. The van der Waals surface area contributed by atoms with E-state index in [1.807, 2.05) is 74.5 Å². The van der Waals surface area contributed by atoms with E-state index in [4.69, 9.17) is 0 Å². The van der Waals surface area contributed by atoms with Gasteiger partial charge in [-0.25, -0.2) is 0 Å². The van der Waals surface area contributed by atoms with Crippen molar-refractivity contribution in [1.82, 2.24) is 15.2 Å². The Morgan fingerprint density at radius 3 is 2.53 bits per heavy atom. The zero-order valence-electron chi connectivity index (χ0n) is 19.5. The zero-order chi connectivity index (χ0) is 23.7. The second-order valence-corrected chi connectivity index (χ2v) is 9.12. The molecule has 1 aliphatic heterocycles. The Morgan fingerprint density at radius 2 is 1.71 bits per heavy atom. The van der Waals surface area contributed by atoms with E-state index in [9.17, 15) is 9.59 Å². The summed E-state index contributed by atoms with van der Waals surface area (Å²) in [5.41, 5.74) is 5.97. The first kappa shape index (κ1) is 22.0. The monoisotopic (exact) mass is 451 g/mol. The first-order valence-electron chi connectivity index (χ1n) is 11.8. The van der Waals surface area contributed by atoms with Crippen molar-refractivity contribution in [2.24, 2.45) is 0 Å². The number of hydrogen-bond donors (Lipinski definition) is 2. The lowest BCUT2D eigenvalue weighted by Crippen LogP contribution is -2.42. The van der Waals surface area contributed by atoms with Crippen molar-refractivity contribution in [2.75, 3.05) is 6.54 Å². The van der Waals surface area contributed by atoms with E-state index in [1.54, 1.807) is 4.90 Å². The maximum absolute atomic E-state index is 13.4. The number of nitrogens with zero attached hydrogens (tertiary/aromatic N) is 1. The fourth-order valence-electron chi connectivity index (χ4n) is 5.07. The second-order valence-electron chi connectivity index (χ2n) is 9.12. The Kier molecular flexibility index (Phi) is 5.93. The van der Waals surface area contributed by atoms with E-state index in [1.165, 1.54) is 5.56 Å². The molecule has 5 nitrogen and oxygen atoms in total. The topological polar surface area (TPSA) is 65.2 Å². The van der Waals surface area contributed by atoms with Gasteiger partial charge in [0.15, 0.2) is 0 Å². The Hall–Kier alpha value is -3.86. The molecule has 2 heterocycles. The van der Waals surface area contributed by atoms with Gasteiger partial charge in [-0.15, -0.1) is 0 Å². The van der Waals surface area contributed by atoms with Crippen LogP contribution in [0.3, 0.4) is 0 Å². The molecule has 0 saturated carbocycles. The number of benzene rings is 3. The van der Waals surface area contributed by atoms with E-state index >= 15 is 0 Å². The van der Waals surface area contributed by atoms with E-state index < -0.39 is 0 Å². The van der Waals surface area contributed by atoms with Crippen LogP contribution in [0.15, 0.2) is 78.9 Å². The number of hydrogen-bond acceptors (Lipinski definition) is 2. The van der Waals surface area contributed by atoms with Crippen molar-refractivity contribution in [3.63, 3.8) is 0 Å². The molecular formula is C29H29N3O2. The zero-order valence-corrected chi connectivity index (χ0v) is 19.5. The number of para-hydroxylation sites is 1. The quantitative estimate of drug-likeness (QED) is 0.408. The number of nitrogens with one attached hydrogen (secondary N) is 2. The van der Waals surface area contributed by atoms with Crippen molar-refractivity contribution in [1.29, 1.82) is 0 Å². The van der Waals surface area contributed by atoms with Crippen LogP contribution in [0.5, 0.6) is 0 Å². The first-order chi connectivity index (χ1) is 16.5. The number of carbonyl (C=O) groups excluding carboxylic acids is 2. The van der Waals surface area contributed by atoms with Gasteiger partial charge >= 0.3 is 0 Å². The van der Waals surface area contributed by atoms with Crippen molar-refractivity contribution < 1.29 is 9.59 Å². The van der Waals surface area contributed by atoms with Gasteiger partial charge in [-0.2, -0.15) is 0 Å². The lowest BCUT2D eigenvalue weighted by molar-refractivity contribution is -0.122.